The average molecular weight is 389 g/mol. The second kappa shape index (κ2) is 7.15. The summed E-state index contributed by atoms with van der Waals surface area (Å²) in [5.41, 5.74) is 0.973. The van der Waals surface area contributed by atoms with Crippen LogP contribution in [0.4, 0.5) is 0 Å². The van der Waals surface area contributed by atoms with E-state index < -0.39 is 20.4 Å². The van der Waals surface area contributed by atoms with Crippen LogP contribution in [0.5, 0.6) is 5.75 Å². The van der Waals surface area contributed by atoms with Crippen LogP contribution in [0.15, 0.2) is 93.5 Å². The van der Waals surface area contributed by atoms with Crippen LogP contribution in [-0.4, -0.2) is 19.8 Å². The van der Waals surface area contributed by atoms with Crippen molar-refractivity contribution in [2.45, 2.75) is 21.6 Å². The summed E-state index contributed by atoms with van der Waals surface area (Å²) in [5, 5.41) is 9.58. The van der Waals surface area contributed by atoms with Gasteiger partial charge in [-0.3, -0.25) is 0 Å². The Morgan fingerprint density at radius 1 is 0.731 bits per heavy atom. The molecule has 1 atom stereocenters. The Morgan fingerprint density at radius 3 is 1.81 bits per heavy atom. The van der Waals surface area contributed by atoms with Crippen molar-refractivity contribution >= 4 is 20.4 Å². The molecule has 0 amide bonds. The second-order valence-electron chi connectivity index (χ2n) is 5.99. The van der Waals surface area contributed by atoms with Gasteiger partial charge in [-0.15, -0.1) is 0 Å². The Hall–Kier alpha value is -2.28. The van der Waals surface area contributed by atoms with Crippen LogP contribution in [0.1, 0.15) is 5.56 Å². The van der Waals surface area contributed by atoms with E-state index in [0.29, 0.717) is 4.90 Å². The van der Waals surface area contributed by atoms with Crippen LogP contribution in [0, 0.1) is 6.92 Å². The number of hydrogen-bond acceptors (Lipinski definition) is 4. The molecule has 1 unspecified atom stereocenters. The van der Waals surface area contributed by atoms with Crippen molar-refractivity contribution < 1.29 is 17.2 Å². The highest BCUT2D eigenvalue weighted by Crippen LogP contribution is 2.62. The molecule has 0 aliphatic carbocycles. The lowest BCUT2D eigenvalue weighted by molar-refractivity contribution is 0.475. The lowest BCUT2D eigenvalue weighted by Gasteiger charge is -2.35. The highest BCUT2D eigenvalue weighted by atomic mass is 32.3. The van der Waals surface area contributed by atoms with Crippen molar-refractivity contribution in [3.63, 3.8) is 0 Å². The molecule has 6 heteroatoms. The minimum atomic E-state index is -3.97. The number of phenols is 1. The third-order valence-electron chi connectivity index (χ3n) is 4.01. The van der Waals surface area contributed by atoms with Gasteiger partial charge in [0.25, 0.3) is 0 Å². The molecule has 136 valence electrons. The van der Waals surface area contributed by atoms with Crippen molar-refractivity contribution in [3.05, 3.63) is 84.4 Å². The van der Waals surface area contributed by atoms with E-state index >= 15 is 0 Å². The summed E-state index contributed by atoms with van der Waals surface area (Å²) < 4.78 is 31.7. The van der Waals surface area contributed by atoms with Crippen molar-refractivity contribution in [2.24, 2.45) is 0 Å². The summed E-state index contributed by atoms with van der Waals surface area (Å²) in [6.45, 7) is 1.90. The number of aryl methyl sites for hydroxylation is 1. The summed E-state index contributed by atoms with van der Waals surface area (Å²) in [6, 6.07) is 22.3. The number of aromatic hydroxyl groups is 1. The van der Waals surface area contributed by atoms with Gasteiger partial charge in [-0.1, -0.05) is 46.2 Å². The maximum absolute atomic E-state index is 12.9. The fourth-order valence-corrected chi connectivity index (χ4v) is 6.97. The highest BCUT2D eigenvalue weighted by Gasteiger charge is 2.32. The van der Waals surface area contributed by atoms with Gasteiger partial charge in [0.05, 0.1) is 4.90 Å². The molecule has 0 radical (unpaired) electrons. The molecule has 0 heterocycles. The van der Waals surface area contributed by atoms with Gasteiger partial charge in [-0.05, 0) is 61.7 Å². The van der Waals surface area contributed by atoms with Crippen LogP contribution in [0.2, 0.25) is 0 Å². The Bertz CT molecular complexity index is 982. The lowest BCUT2D eigenvalue weighted by Crippen LogP contribution is -2.12. The summed E-state index contributed by atoms with van der Waals surface area (Å²) >= 11 is 0. The van der Waals surface area contributed by atoms with E-state index in [1.807, 2.05) is 37.3 Å². The van der Waals surface area contributed by atoms with Gasteiger partial charge < -0.3 is 5.11 Å². The zero-order chi connectivity index (χ0) is 18.8. The zero-order valence-corrected chi connectivity index (χ0v) is 16.1. The van der Waals surface area contributed by atoms with E-state index in [1.165, 1.54) is 12.1 Å². The first-order valence-electron chi connectivity index (χ1n) is 7.96. The molecule has 0 saturated carbocycles. The molecule has 0 spiro atoms. The SMILES string of the molecule is Cc1ccc(S(=O)(=O)OS(C)(c2ccccc2)c2ccc(O)cc2)cc1. The van der Waals surface area contributed by atoms with Gasteiger partial charge in [-0.25, -0.2) is 3.63 Å². The topological polar surface area (TPSA) is 63.6 Å². The molecule has 3 aromatic carbocycles. The fourth-order valence-electron chi connectivity index (χ4n) is 2.52. The van der Waals surface area contributed by atoms with E-state index in [9.17, 15) is 13.5 Å². The van der Waals surface area contributed by atoms with E-state index in [2.05, 4.69) is 0 Å². The Balaban J connectivity index is 2.09. The summed E-state index contributed by atoms with van der Waals surface area (Å²) in [6.07, 6.45) is 1.79. The first kappa shape index (κ1) is 18.5. The molecular formula is C20H20O4S2. The van der Waals surface area contributed by atoms with Gasteiger partial charge >= 0.3 is 10.1 Å². The van der Waals surface area contributed by atoms with Gasteiger partial charge in [0.2, 0.25) is 0 Å². The normalized spacial score (nSPS) is 15.2. The van der Waals surface area contributed by atoms with E-state index in [4.69, 9.17) is 3.63 Å². The van der Waals surface area contributed by atoms with Crippen LogP contribution in [0.3, 0.4) is 0 Å². The van der Waals surface area contributed by atoms with Crippen molar-refractivity contribution in [3.8, 4) is 5.75 Å². The zero-order valence-electron chi connectivity index (χ0n) is 14.5. The Kier molecular flexibility index (Phi) is 5.09. The number of phenolic OH excluding ortho intramolecular Hbond substituents is 1. The van der Waals surface area contributed by atoms with Crippen molar-refractivity contribution in [1.82, 2.24) is 0 Å². The van der Waals surface area contributed by atoms with E-state index in [-0.39, 0.29) is 10.6 Å². The van der Waals surface area contributed by atoms with Crippen LogP contribution in [-0.2, 0) is 13.7 Å². The van der Waals surface area contributed by atoms with E-state index in [0.717, 1.165) is 10.5 Å². The second-order valence-corrected chi connectivity index (χ2v) is 10.5. The van der Waals surface area contributed by atoms with Crippen LogP contribution in [0.25, 0.3) is 0 Å². The van der Waals surface area contributed by atoms with Crippen LogP contribution >= 0.6 is 10.3 Å². The Labute approximate surface area is 155 Å². The summed E-state index contributed by atoms with van der Waals surface area (Å²) in [4.78, 5) is 1.61. The van der Waals surface area contributed by atoms with Gasteiger partial charge in [-0.2, -0.15) is 8.42 Å². The molecule has 1 N–H and O–H groups in total. The third-order valence-corrected chi connectivity index (χ3v) is 9.01. The van der Waals surface area contributed by atoms with Gasteiger partial charge in [0.1, 0.15) is 5.75 Å². The molecule has 0 aromatic heterocycles. The van der Waals surface area contributed by atoms with Crippen LogP contribution < -0.4 is 0 Å². The van der Waals surface area contributed by atoms with Crippen molar-refractivity contribution in [2.75, 3.05) is 6.26 Å². The third kappa shape index (κ3) is 3.77. The van der Waals surface area contributed by atoms with E-state index in [1.54, 1.807) is 42.7 Å². The smallest absolute Gasteiger partial charge is 0.306 e. The maximum Gasteiger partial charge on any atom is 0.306 e. The summed E-state index contributed by atoms with van der Waals surface area (Å²) in [7, 11) is -6.29. The minimum Gasteiger partial charge on any atom is -0.508 e. The maximum atomic E-state index is 12.9. The molecule has 3 aromatic rings. The average Bonchev–Trinajstić information content (AvgIpc) is 2.63. The first-order chi connectivity index (χ1) is 12.3. The molecule has 0 saturated heterocycles. The first-order valence-corrected chi connectivity index (χ1v) is 11.3. The molecular weight excluding hydrogens is 368 g/mol. The fraction of sp³-hybridized carbons (Fsp3) is 0.100. The molecule has 3 rings (SSSR count). The number of rotatable bonds is 5. The highest BCUT2D eigenvalue weighted by molar-refractivity contribution is 8.32. The minimum absolute atomic E-state index is 0.116. The number of hydrogen-bond donors (Lipinski definition) is 1. The molecule has 0 fully saturated rings. The largest absolute Gasteiger partial charge is 0.508 e. The molecule has 26 heavy (non-hydrogen) atoms. The lowest BCUT2D eigenvalue weighted by atomic mass is 10.2. The predicted molar refractivity (Wildman–Crippen MR) is 104 cm³/mol. The predicted octanol–water partition coefficient (Wildman–Crippen LogP) is 4.87. The molecule has 0 aliphatic heterocycles. The monoisotopic (exact) mass is 388 g/mol. The van der Waals surface area contributed by atoms with Gasteiger partial charge in [0.15, 0.2) is 0 Å². The standard InChI is InChI=1S/C20H20O4S2/c1-16-8-12-20(13-9-16)26(22,23)24-25(2,18-6-4-3-5-7-18)19-14-10-17(21)11-15-19/h3-15,21H,1-2H3. The molecule has 0 bridgehead atoms. The Morgan fingerprint density at radius 2 is 1.23 bits per heavy atom. The summed E-state index contributed by atoms with van der Waals surface area (Å²) in [5.74, 6) is 0.116. The van der Waals surface area contributed by atoms with Gasteiger partial charge in [0, 0.05) is 9.79 Å². The number of benzene rings is 3. The molecule has 0 aliphatic rings. The molecule has 4 nitrogen and oxygen atoms in total. The van der Waals surface area contributed by atoms with Crippen molar-refractivity contribution in [1.29, 1.82) is 0 Å². The quantitative estimate of drug-likeness (QED) is 0.677.